The van der Waals surface area contributed by atoms with Crippen molar-refractivity contribution >= 4 is 5.84 Å². The number of nitrogen functional groups attached to an aromatic ring is 1. The third kappa shape index (κ3) is 3.42. The molecule has 0 fully saturated rings. The standard InChI is InChI=1S/C15H17N3O3/c1-19-12-4-3-5-13(20-2)14(12)21-9-10-6-7-18-11(8-10)15(16)17/h3-8H,9H2,1-2H3,(H3,16,17). The maximum atomic E-state index is 7.39. The van der Waals surface area contributed by atoms with Crippen molar-refractivity contribution in [3.05, 3.63) is 47.8 Å². The molecule has 0 aliphatic heterocycles. The number of nitrogens with two attached hydrogens (primary N) is 1. The Hall–Kier alpha value is -2.76. The van der Waals surface area contributed by atoms with Crippen LogP contribution in [0.3, 0.4) is 0 Å². The van der Waals surface area contributed by atoms with Crippen LogP contribution in [-0.4, -0.2) is 25.0 Å². The number of ether oxygens (including phenoxy) is 3. The second-order valence-electron chi connectivity index (χ2n) is 4.24. The first-order valence-corrected chi connectivity index (χ1v) is 6.28. The number of para-hydroxylation sites is 1. The van der Waals surface area contributed by atoms with E-state index in [1.807, 2.05) is 6.07 Å². The van der Waals surface area contributed by atoms with Crippen molar-refractivity contribution in [2.75, 3.05) is 14.2 Å². The molecule has 110 valence electrons. The Balaban J connectivity index is 2.20. The summed E-state index contributed by atoms with van der Waals surface area (Å²) in [4.78, 5) is 4.01. The molecule has 0 spiro atoms. The minimum atomic E-state index is -0.0771. The lowest BCUT2D eigenvalue weighted by Crippen LogP contribution is -2.13. The van der Waals surface area contributed by atoms with E-state index in [9.17, 15) is 0 Å². The molecule has 0 radical (unpaired) electrons. The average Bonchev–Trinajstić information content (AvgIpc) is 2.52. The summed E-state index contributed by atoms with van der Waals surface area (Å²) in [6, 6.07) is 8.93. The van der Waals surface area contributed by atoms with E-state index in [0.717, 1.165) is 5.56 Å². The number of nitrogens with zero attached hydrogens (tertiary/aromatic N) is 1. The van der Waals surface area contributed by atoms with Crippen LogP contribution in [-0.2, 0) is 6.61 Å². The van der Waals surface area contributed by atoms with Crippen LogP contribution in [0.2, 0.25) is 0 Å². The van der Waals surface area contributed by atoms with Gasteiger partial charge in [0.15, 0.2) is 11.5 Å². The predicted octanol–water partition coefficient (Wildman–Crippen LogP) is 1.96. The summed E-state index contributed by atoms with van der Waals surface area (Å²) in [7, 11) is 3.14. The van der Waals surface area contributed by atoms with E-state index in [-0.39, 0.29) is 5.84 Å². The molecular formula is C15H17N3O3. The van der Waals surface area contributed by atoms with Crippen molar-refractivity contribution in [1.29, 1.82) is 5.41 Å². The van der Waals surface area contributed by atoms with Gasteiger partial charge in [-0.1, -0.05) is 6.07 Å². The van der Waals surface area contributed by atoms with Crippen molar-refractivity contribution in [3.63, 3.8) is 0 Å². The molecule has 6 nitrogen and oxygen atoms in total. The van der Waals surface area contributed by atoms with Gasteiger partial charge in [0.1, 0.15) is 18.1 Å². The largest absolute Gasteiger partial charge is 0.493 e. The van der Waals surface area contributed by atoms with Gasteiger partial charge in [0, 0.05) is 6.20 Å². The second kappa shape index (κ2) is 6.60. The maximum absolute atomic E-state index is 7.39. The number of amidine groups is 1. The Morgan fingerprint density at radius 3 is 2.43 bits per heavy atom. The minimum Gasteiger partial charge on any atom is -0.493 e. The average molecular weight is 287 g/mol. The molecule has 0 saturated heterocycles. The Morgan fingerprint density at radius 1 is 1.19 bits per heavy atom. The third-order valence-corrected chi connectivity index (χ3v) is 2.87. The molecule has 1 aromatic carbocycles. The van der Waals surface area contributed by atoms with Crippen molar-refractivity contribution in [3.8, 4) is 17.2 Å². The molecular weight excluding hydrogens is 270 g/mol. The molecule has 1 aromatic heterocycles. The normalized spacial score (nSPS) is 10.0. The minimum absolute atomic E-state index is 0.0771. The van der Waals surface area contributed by atoms with Gasteiger partial charge in [-0.3, -0.25) is 10.4 Å². The molecule has 0 unspecified atom stereocenters. The first-order valence-electron chi connectivity index (χ1n) is 6.28. The first-order chi connectivity index (χ1) is 10.2. The molecule has 6 heteroatoms. The Morgan fingerprint density at radius 2 is 1.86 bits per heavy atom. The smallest absolute Gasteiger partial charge is 0.203 e. The van der Waals surface area contributed by atoms with Gasteiger partial charge in [-0.15, -0.1) is 0 Å². The van der Waals surface area contributed by atoms with E-state index >= 15 is 0 Å². The first kappa shape index (κ1) is 14.6. The molecule has 3 N–H and O–H groups in total. The van der Waals surface area contributed by atoms with Crippen LogP contribution in [0.25, 0.3) is 0 Å². The van der Waals surface area contributed by atoms with Gasteiger partial charge in [0.25, 0.3) is 0 Å². The molecule has 0 aliphatic rings. The van der Waals surface area contributed by atoms with Gasteiger partial charge >= 0.3 is 0 Å². The zero-order valence-corrected chi connectivity index (χ0v) is 11.9. The Kier molecular flexibility index (Phi) is 4.61. The molecule has 0 bridgehead atoms. The zero-order chi connectivity index (χ0) is 15.2. The monoisotopic (exact) mass is 287 g/mol. The highest BCUT2D eigenvalue weighted by atomic mass is 16.5. The number of hydrogen-bond donors (Lipinski definition) is 2. The van der Waals surface area contributed by atoms with Gasteiger partial charge in [-0.25, -0.2) is 0 Å². The number of methoxy groups -OCH3 is 2. The molecule has 2 rings (SSSR count). The summed E-state index contributed by atoms with van der Waals surface area (Å²) in [5, 5.41) is 7.39. The number of rotatable bonds is 6. The number of aromatic nitrogens is 1. The highest BCUT2D eigenvalue weighted by molar-refractivity contribution is 5.93. The van der Waals surface area contributed by atoms with E-state index in [1.165, 1.54) is 0 Å². The van der Waals surface area contributed by atoms with Crippen LogP contribution in [0.4, 0.5) is 0 Å². The fourth-order valence-corrected chi connectivity index (χ4v) is 1.83. The van der Waals surface area contributed by atoms with E-state index in [4.69, 9.17) is 25.4 Å². The summed E-state index contributed by atoms with van der Waals surface area (Å²) >= 11 is 0. The number of nitrogens with one attached hydrogen (secondary N) is 1. The lowest BCUT2D eigenvalue weighted by Gasteiger charge is -2.14. The fourth-order valence-electron chi connectivity index (χ4n) is 1.83. The maximum Gasteiger partial charge on any atom is 0.203 e. The lowest BCUT2D eigenvalue weighted by molar-refractivity contribution is 0.266. The quantitative estimate of drug-likeness (QED) is 0.626. The molecule has 2 aromatic rings. The van der Waals surface area contributed by atoms with Crippen LogP contribution in [0.1, 0.15) is 11.3 Å². The van der Waals surface area contributed by atoms with Crippen molar-refractivity contribution in [1.82, 2.24) is 4.98 Å². The topological polar surface area (TPSA) is 90.5 Å². The number of hydrogen-bond acceptors (Lipinski definition) is 5. The molecule has 0 saturated carbocycles. The number of benzene rings is 1. The van der Waals surface area contributed by atoms with Gasteiger partial charge in [-0.05, 0) is 29.8 Å². The summed E-state index contributed by atoms with van der Waals surface area (Å²) in [5.74, 6) is 1.64. The van der Waals surface area contributed by atoms with Crippen LogP contribution in [0.15, 0.2) is 36.5 Å². The summed E-state index contributed by atoms with van der Waals surface area (Å²) < 4.78 is 16.3. The van der Waals surface area contributed by atoms with E-state index in [0.29, 0.717) is 29.5 Å². The zero-order valence-electron chi connectivity index (χ0n) is 11.9. The molecule has 0 aliphatic carbocycles. The van der Waals surface area contributed by atoms with E-state index < -0.39 is 0 Å². The van der Waals surface area contributed by atoms with Crippen molar-refractivity contribution < 1.29 is 14.2 Å². The van der Waals surface area contributed by atoms with Crippen LogP contribution in [0, 0.1) is 5.41 Å². The van der Waals surface area contributed by atoms with Gasteiger partial charge in [-0.2, -0.15) is 0 Å². The van der Waals surface area contributed by atoms with Gasteiger partial charge in [0.2, 0.25) is 5.75 Å². The summed E-state index contributed by atoms with van der Waals surface area (Å²) in [5.41, 5.74) is 6.69. The molecule has 1 heterocycles. The lowest BCUT2D eigenvalue weighted by atomic mass is 10.2. The molecule has 0 amide bonds. The van der Waals surface area contributed by atoms with Crippen molar-refractivity contribution in [2.24, 2.45) is 5.73 Å². The number of pyridine rings is 1. The predicted molar refractivity (Wildman–Crippen MR) is 79.1 cm³/mol. The third-order valence-electron chi connectivity index (χ3n) is 2.87. The SMILES string of the molecule is COc1cccc(OC)c1OCc1ccnc(C(=N)N)c1. The van der Waals surface area contributed by atoms with E-state index in [2.05, 4.69) is 4.98 Å². The van der Waals surface area contributed by atoms with Crippen LogP contribution < -0.4 is 19.9 Å². The Labute approximate surface area is 123 Å². The molecule has 0 atom stereocenters. The van der Waals surface area contributed by atoms with E-state index in [1.54, 1.807) is 44.7 Å². The highest BCUT2D eigenvalue weighted by Gasteiger charge is 2.11. The van der Waals surface area contributed by atoms with Crippen molar-refractivity contribution in [2.45, 2.75) is 6.61 Å². The highest BCUT2D eigenvalue weighted by Crippen LogP contribution is 2.37. The second-order valence-corrected chi connectivity index (χ2v) is 4.24. The van der Waals surface area contributed by atoms with Crippen LogP contribution >= 0.6 is 0 Å². The van der Waals surface area contributed by atoms with Crippen LogP contribution in [0.5, 0.6) is 17.2 Å². The Bertz CT molecular complexity index is 622. The fraction of sp³-hybridized carbons (Fsp3) is 0.200. The summed E-state index contributed by atoms with van der Waals surface area (Å²) in [6.07, 6.45) is 1.59. The van der Waals surface area contributed by atoms with Gasteiger partial charge < -0.3 is 19.9 Å². The summed E-state index contributed by atoms with van der Waals surface area (Å²) in [6.45, 7) is 0.291. The van der Waals surface area contributed by atoms with Gasteiger partial charge in [0.05, 0.1) is 14.2 Å². The molecule has 21 heavy (non-hydrogen) atoms.